The molecule has 0 spiro atoms. The second-order valence-corrected chi connectivity index (χ2v) is 7.49. The third kappa shape index (κ3) is 5.93. The van der Waals surface area contributed by atoms with Crippen LogP contribution in [0.25, 0.3) is 0 Å². The Labute approximate surface area is 196 Å². The summed E-state index contributed by atoms with van der Waals surface area (Å²) < 4.78 is 11.5. The van der Waals surface area contributed by atoms with E-state index in [0.29, 0.717) is 19.1 Å². The van der Waals surface area contributed by atoms with Gasteiger partial charge in [0.15, 0.2) is 17.5 Å². The number of aliphatic imine (C=N–C) groups is 1. The number of benzene rings is 2. The minimum absolute atomic E-state index is 0. The van der Waals surface area contributed by atoms with Crippen molar-refractivity contribution in [3.05, 3.63) is 48.5 Å². The van der Waals surface area contributed by atoms with Crippen molar-refractivity contribution in [3.63, 3.8) is 0 Å². The Morgan fingerprint density at radius 3 is 2.70 bits per heavy atom. The van der Waals surface area contributed by atoms with Crippen LogP contribution in [0.15, 0.2) is 53.5 Å². The fraction of sp³-hybridized carbons (Fsp3) is 0.435. The molecule has 2 aromatic rings. The normalized spacial score (nSPS) is 18.4. The van der Waals surface area contributed by atoms with Crippen LogP contribution in [0.4, 0.5) is 11.4 Å². The summed E-state index contributed by atoms with van der Waals surface area (Å²) in [6.45, 7) is 7.24. The summed E-state index contributed by atoms with van der Waals surface area (Å²) in [6, 6.07) is 16.6. The van der Waals surface area contributed by atoms with E-state index >= 15 is 0 Å². The number of rotatable bonds is 5. The number of fused-ring (bicyclic) bond motifs is 1. The summed E-state index contributed by atoms with van der Waals surface area (Å²) in [5.41, 5.74) is 2.25. The van der Waals surface area contributed by atoms with Gasteiger partial charge in [-0.25, -0.2) is 0 Å². The third-order valence-electron chi connectivity index (χ3n) is 5.27. The third-order valence-corrected chi connectivity index (χ3v) is 5.27. The van der Waals surface area contributed by atoms with Gasteiger partial charge in [-0.3, -0.25) is 4.99 Å². The molecule has 7 heteroatoms. The van der Waals surface area contributed by atoms with Gasteiger partial charge in [-0.1, -0.05) is 18.2 Å². The second kappa shape index (κ2) is 11.3. The van der Waals surface area contributed by atoms with Gasteiger partial charge in [0.1, 0.15) is 0 Å². The molecule has 2 N–H and O–H groups in total. The molecular formula is C23H31IN4O2. The lowest BCUT2D eigenvalue weighted by molar-refractivity contribution is 0.297. The van der Waals surface area contributed by atoms with Crippen molar-refractivity contribution in [1.29, 1.82) is 0 Å². The highest BCUT2D eigenvalue weighted by Crippen LogP contribution is 2.32. The average Bonchev–Trinajstić information content (AvgIpc) is 3.11. The predicted molar refractivity (Wildman–Crippen MR) is 134 cm³/mol. The Hall–Kier alpha value is -2.16. The van der Waals surface area contributed by atoms with Crippen LogP contribution in [0.1, 0.15) is 19.8 Å². The molecular weight excluding hydrogens is 491 g/mol. The maximum absolute atomic E-state index is 5.79. The van der Waals surface area contributed by atoms with Gasteiger partial charge in [0.25, 0.3) is 0 Å². The second-order valence-electron chi connectivity index (χ2n) is 7.49. The number of hydrogen-bond acceptors (Lipinski definition) is 4. The molecule has 2 aromatic carbocycles. The van der Waals surface area contributed by atoms with Crippen LogP contribution in [0.5, 0.6) is 11.5 Å². The van der Waals surface area contributed by atoms with E-state index < -0.39 is 0 Å². The number of nitrogens with one attached hydrogen (secondary N) is 2. The van der Waals surface area contributed by atoms with Crippen molar-refractivity contribution in [1.82, 2.24) is 5.32 Å². The zero-order valence-electron chi connectivity index (χ0n) is 17.5. The van der Waals surface area contributed by atoms with Crippen LogP contribution >= 0.6 is 24.0 Å². The lowest BCUT2D eigenvalue weighted by atomic mass is 10.1. The highest BCUT2D eigenvalue weighted by atomic mass is 127. The van der Waals surface area contributed by atoms with Gasteiger partial charge in [-0.15, -0.1) is 24.0 Å². The van der Waals surface area contributed by atoms with E-state index in [0.717, 1.165) is 55.7 Å². The zero-order valence-corrected chi connectivity index (χ0v) is 19.8. The van der Waals surface area contributed by atoms with E-state index in [1.54, 1.807) is 0 Å². The number of para-hydroxylation sites is 1. The van der Waals surface area contributed by atoms with E-state index in [2.05, 4.69) is 52.8 Å². The lowest BCUT2D eigenvalue weighted by Crippen LogP contribution is -2.31. The number of guanidine groups is 1. The summed E-state index contributed by atoms with van der Waals surface area (Å²) in [6.07, 6.45) is 2.07. The molecule has 0 radical (unpaired) electrons. The molecule has 2 heterocycles. The first-order valence-electron chi connectivity index (χ1n) is 10.6. The van der Waals surface area contributed by atoms with Gasteiger partial charge in [0.2, 0.25) is 0 Å². The molecule has 6 nitrogen and oxygen atoms in total. The average molecular weight is 522 g/mol. The molecule has 162 valence electrons. The van der Waals surface area contributed by atoms with Crippen LogP contribution in [0.2, 0.25) is 0 Å². The molecule has 1 atom stereocenters. The Bertz CT molecular complexity index is 831. The molecule has 2 aliphatic rings. The standard InChI is InChI=1S/C23H30N4O2.HI/c1-2-24-23(26-19-9-10-21-22(15-19)29-14-6-13-28-21)25-16-18-11-12-27(17-18)20-7-4-3-5-8-20;/h3-5,7-10,15,18H,2,6,11-14,16-17H2,1H3,(H2,24,25,26);1H. The quantitative estimate of drug-likeness (QED) is 0.347. The van der Waals surface area contributed by atoms with Crippen LogP contribution in [-0.4, -0.2) is 45.4 Å². The van der Waals surface area contributed by atoms with Crippen LogP contribution in [0, 0.1) is 5.92 Å². The Balaban J connectivity index is 0.00000256. The van der Waals surface area contributed by atoms with E-state index in [1.165, 1.54) is 12.1 Å². The summed E-state index contributed by atoms with van der Waals surface area (Å²) in [7, 11) is 0. The fourth-order valence-corrected chi connectivity index (χ4v) is 3.76. The molecule has 30 heavy (non-hydrogen) atoms. The van der Waals surface area contributed by atoms with Crippen molar-refractivity contribution in [3.8, 4) is 11.5 Å². The van der Waals surface area contributed by atoms with Gasteiger partial charge >= 0.3 is 0 Å². The van der Waals surface area contributed by atoms with Crippen molar-refractivity contribution >= 4 is 41.3 Å². The van der Waals surface area contributed by atoms with Crippen LogP contribution in [0.3, 0.4) is 0 Å². The molecule has 0 aromatic heterocycles. The van der Waals surface area contributed by atoms with Gasteiger partial charge in [0, 0.05) is 50.0 Å². The number of ether oxygens (including phenoxy) is 2. The molecule has 0 bridgehead atoms. The topological polar surface area (TPSA) is 58.1 Å². The molecule has 0 aliphatic carbocycles. The number of anilines is 2. The van der Waals surface area contributed by atoms with Crippen molar-refractivity contribution in [2.45, 2.75) is 19.8 Å². The summed E-state index contributed by atoms with van der Waals surface area (Å²) in [5.74, 6) is 2.97. The van der Waals surface area contributed by atoms with E-state index in [-0.39, 0.29) is 24.0 Å². The minimum Gasteiger partial charge on any atom is -0.490 e. The Morgan fingerprint density at radius 2 is 1.90 bits per heavy atom. The van der Waals surface area contributed by atoms with E-state index in [4.69, 9.17) is 14.5 Å². The highest BCUT2D eigenvalue weighted by molar-refractivity contribution is 14.0. The first-order chi connectivity index (χ1) is 14.3. The predicted octanol–water partition coefficient (Wildman–Crippen LogP) is 4.37. The molecule has 0 saturated carbocycles. The van der Waals surface area contributed by atoms with Gasteiger partial charge in [-0.2, -0.15) is 0 Å². The molecule has 2 aliphatic heterocycles. The van der Waals surface area contributed by atoms with Crippen molar-refractivity contribution < 1.29 is 9.47 Å². The monoisotopic (exact) mass is 522 g/mol. The lowest BCUT2D eigenvalue weighted by Gasteiger charge is -2.18. The maximum atomic E-state index is 5.79. The van der Waals surface area contributed by atoms with E-state index in [1.807, 2.05) is 18.2 Å². The molecule has 1 saturated heterocycles. The smallest absolute Gasteiger partial charge is 0.195 e. The zero-order chi connectivity index (χ0) is 19.9. The molecule has 4 rings (SSSR count). The number of halogens is 1. The first kappa shape index (κ1) is 22.5. The Morgan fingerprint density at radius 1 is 1.10 bits per heavy atom. The van der Waals surface area contributed by atoms with Gasteiger partial charge < -0.3 is 25.0 Å². The van der Waals surface area contributed by atoms with Crippen molar-refractivity contribution in [2.75, 3.05) is 49.6 Å². The van der Waals surface area contributed by atoms with Crippen LogP contribution < -0.4 is 25.0 Å². The number of nitrogens with zero attached hydrogens (tertiary/aromatic N) is 2. The first-order valence-corrected chi connectivity index (χ1v) is 10.6. The number of hydrogen-bond donors (Lipinski definition) is 2. The largest absolute Gasteiger partial charge is 0.490 e. The maximum Gasteiger partial charge on any atom is 0.195 e. The molecule has 1 unspecified atom stereocenters. The summed E-state index contributed by atoms with van der Waals surface area (Å²) >= 11 is 0. The minimum atomic E-state index is 0. The van der Waals surface area contributed by atoms with Crippen LogP contribution in [-0.2, 0) is 0 Å². The molecule has 1 fully saturated rings. The van der Waals surface area contributed by atoms with Gasteiger partial charge in [0.05, 0.1) is 13.2 Å². The fourth-order valence-electron chi connectivity index (χ4n) is 3.76. The summed E-state index contributed by atoms with van der Waals surface area (Å²) in [5, 5.41) is 6.75. The summed E-state index contributed by atoms with van der Waals surface area (Å²) in [4.78, 5) is 7.29. The van der Waals surface area contributed by atoms with E-state index in [9.17, 15) is 0 Å². The van der Waals surface area contributed by atoms with Crippen molar-refractivity contribution in [2.24, 2.45) is 10.9 Å². The molecule has 0 amide bonds. The highest BCUT2D eigenvalue weighted by Gasteiger charge is 2.22. The SMILES string of the molecule is CCNC(=NCC1CCN(c2ccccc2)C1)Nc1ccc2c(c1)OCCCO2.I. The Kier molecular flexibility index (Phi) is 8.48. The van der Waals surface area contributed by atoms with Gasteiger partial charge in [-0.05, 0) is 43.5 Å².